The van der Waals surface area contributed by atoms with Crippen molar-refractivity contribution in [2.24, 2.45) is 0 Å². The lowest BCUT2D eigenvalue weighted by atomic mass is 10.4. The van der Waals surface area contributed by atoms with Crippen LogP contribution in [-0.4, -0.2) is 24.6 Å². The van der Waals surface area contributed by atoms with Gasteiger partial charge < -0.3 is 15.0 Å². The number of carbonyl (C=O) groups is 1. The van der Waals surface area contributed by atoms with Crippen molar-refractivity contribution in [2.75, 3.05) is 13.7 Å². The second kappa shape index (κ2) is 6.70. The van der Waals surface area contributed by atoms with Gasteiger partial charge in [-0.1, -0.05) is 0 Å². The number of H-pyrrole nitrogens is 1. The van der Waals surface area contributed by atoms with Crippen LogP contribution in [0, 0.1) is 11.8 Å². The third-order valence-electron chi connectivity index (χ3n) is 2.07. The van der Waals surface area contributed by atoms with Gasteiger partial charge in [0.2, 0.25) is 0 Å². The molecule has 86 valence electrons. The maximum Gasteiger partial charge on any atom is 0.354 e. The molecule has 4 heteroatoms. The van der Waals surface area contributed by atoms with Crippen LogP contribution in [0.15, 0.2) is 12.1 Å². The summed E-state index contributed by atoms with van der Waals surface area (Å²) in [7, 11) is 1.37. The minimum Gasteiger partial charge on any atom is -0.464 e. The number of hydrogen-bond acceptors (Lipinski definition) is 3. The van der Waals surface area contributed by atoms with Crippen molar-refractivity contribution in [3.05, 3.63) is 23.5 Å². The predicted octanol–water partition coefficient (Wildman–Crippen LogP) is 1.30. The molecule has 0 atom stereocenters. The van der Waals surface area contributed by atoms with Gasteiger partial charge in [0.05, 0.1) is 7.11 Å². The fourth-order valence-corrected chi connectivity index (χ4v) is 1.27. The number of carbonyl (C=O) groups excluding carboxylic acids is 1. The molecule has 1 aromatic rings. The van der Waals surface area contributed by atoms with Gasteiger partial charge in [0.15, 0.2) is 0 Å². The molecule has 0 fully saturated rings. The van der Waals surface area contributed by atoms with Crippen molar-refractivity contribution >= 4 is 5.97 Å². The molecule has 0 aromatic carbocycles. The van der Waals surface area contributed by atoms with E-state index >= 15 is 0 Å². The number of aromatic nitrogens is 1. The molecular formula is C12H16N2O2. The summed E-state index contributed by atoms with van der Waals surface area (Å²) in [6, 6.07) is 3.58. The summed E-state index contributed by atoms with van der Waals surface area (Å²) < 4.78 is 4.60. The standard InChI is InChI=1S/C12H16N2O2/c1-3-4-5-8-13-9-10-6-7-11(14-10)12(15)16-2/h6-7,13-14H,5,8-9H2,1-2H3. The Morgan fingerprint density at radius 2 is 2.38 bits per heavy atom. The zero-order chi connectivity index (χ0) is 11.8. The molecule has 1 rings (SSSR count). The molecule has 0 saturated heterocycles. The molecular weight excluding hydrogens is 204 g/mol. The number of aromatic amines is 1. The second-order valence-corrected chi connectivity index (χ2v) is 3.24. The topological polar surface area (TPSA) is 54.1 Å². The number of esters is 1. The lowest BCUT2D eigenvalue weighted by Crippen LogP contribution is -2.14. The lowest BCUT2D eigenvalue weighted by Gasteiger charge is -1.99. The Morgan fingerprint density at radius 3 is 3.06 bits per heavy atom. The van der Waals surface area contributed by atoms with Crippen LogP contribution in [0.2, 0.25) is 0 Å². The molecule has 2 N–H and O–H groups in total. The van der Waals surface area contributed by atoms with Crippen molar-refractivity contribution in [3.63, 3.8) is 0 Å². The normalized spacial score (nSPS) is 9.38. The van der Waals surface area contributed by atoms with E-state index in [1.807, 2.05) is 13.0 Å². The fraction of sp³-hybridized carbons (Fsp3) is 0.417. The number of hydrogen-bond donors (Lipinski definition) is 2. The summed E-state index contributed by atoms with van der Waals surface area (Å²) in [5.41, 5.74) is 1.44. The average molecular weight is 220 g/mol. The minimum atomic E-state index is -0.344. The largest absolute Gasteiger partial charge is 0.464 e. The first-order valence-electron chi connectivity index (χ1n) is 5.14. The number of methoxy groups -OCH3 is 1. The summed E-state index contributed by atoms with van der Waals surface area (Å²) in [6.07, 6.45) is 0.834. The van der Waals surface area contributed by atoms with Gasteiger partial charge in [-0.05, 0) is 19.1 Å². The third kappa shape index (κ3) is 3.79. The molecule has 4 nitrogen and oxygen atoms in total. The average Bonchev–Trinajstić information content (AvgIpc) is 2.76. The fourth-order valence-electron chi connectivity index (χ4n) is 1.27. The quantitative estimate of drug-likeness (QED) is 0.447. The molecule has 0 saturated carbocycles. The third-order valence-corrected chi connectivity index (χ3v) is 2.07. The Hall–Kier alpha value is -1.73. The van der Waals surface area contributed by atoms with E-state index < -0.39 is 0 Å². The van der Waals surface area contributed by atoms with Gasteiger partial charge in [0, 0.05) is 25.2 Å². The monoisotopic (exact) mass is 220 g/mol. The molecule has 0 aliphatic carbocycles. The summed E-state index contributed by atoms with van der Waals surface area (Å²) in [6.45, 7) is 3.36. The smallest absolute Gasteiger partial charge is 0.354 e. The summed E-state index contributed by atoms with van der Waals surface area (Å²) in [4.78, 5) is 14.1. The van der Waals surface area contributed by atoms with E-state index in [4.69, 9.17) is 0 Å². The van der Waals surface area contributed by atoms with Crippen LogP contribution in [-0.2, 0) is 11.3 Å². The summed E-state index contributed by atoms with van der Waals surface area (Å²) in [5, 5.41) is 3.22. The van der Waals surface area contributed by atoms with Gasteiger partial charge in [-0.25, -0.2) is 4.79 Å². The van der Waals surface area contributed by atoms with Gasteiger partial charge in [0.1, 0.15) is 5.69 Å². The molecule has 0 aliphatic rings. The Balaban J connectivity index is 2.34. The van der Waals surface area contributed by atoms with Crippen molar-refractivity contribution in [3.8, 4) is 11.8 Å². The zero-order valence-corrected chi connectivity index (χ0v) is 9.59. The Kier molecular flexibility index (Phi) is 5.17. The highest BCUT2D eigenvalue weighted by Gasteiger charge is 2.06. The first-order valence-corrected chi connectivity index (χ1v) is 5.14. The molecule has 16 heavy (non-hydrogen) atoms. The van der Waals surface area contributed by atoms with Crippen molar-refractivity contribution in [1.82, 2.24) is 10.3 Å². The zero-order valence-electron chi connectivity index (χ0n) is 9.59. The lowest BCUT2D eigenvalue weighted by molar-refractivity contribution is 0.0594. The molecule has 0 amide bonds. The first-order chi connectivity index (χ1) is 7.77. The summed E-state index contributed by atoms with van der Waals surface area (Å²) in [5.74, 6) is 5.46. The van der Waals surface area contributed by atoms with Crippen molar-refractivity contribution < 1.29 is 9.53 Å². The van der Waals surface area contributed by atoms with E-state index in [-0.39, 0.29) is 5.97 Å². The van der Waals surface area contributed by atoms with Gasteiger partial charge in [0.25, 0.3) is 0 Å². The molecule has 0 bridgehead atoms. The number of nitrogens with one attached hydrogen (secondary N) is 2. The maximum absolute atomic E-state index is 11.1. The van der Waals surface area contributed by atoms with Gasteiger partial charge in [-0.15, -0.1) is 11.8 Å². The Bertz CT molecular complexity index is 399. The SMILES string of the molecule is CC#CCCNCc1ccc(C(=O)OC)[nH]1. The van der Waals surface area contributed by atoms with Crippen LogP contribution in [0.1, 0.15) is 29.5 Å². The van der Waals surface area contributed by atoms with Crippen molar-refractivity contribution in [1.29, 1.82) is 0 Å². The Morgan fingerprint density at radius 1 is 1.56 bits per heavy atom. The van der Waals surface area contributed by atoms with E-state index in [0.29, 0.717) is 12.2 Å². The molecule has 0 spiro atoms. The van der Waals surface area contributed by atoms with E-state index in [0.717, 1.165) is 18.7 Å². The van der Waals surface area contributed by atoms with Crippen LogP contribution in [0.5, 0.6) is 0 Å². The van der Waals surface area contributed by atoms with Crippen LogP contribution in [0.4, 0.5) is 0 Å². The predicted molar refractivity (Wildman–Crippen MR) is 61.9 cm³/mol. The van der Waals surface area contributed by atoms with Crippen LogP contribution >= 0.6 is 0 Å². The first kappa shape index (κ1) is 12.3. The van der Waals surface area contributed by atoms with E-state index in [2.05, 4.69) is 26.9 Å². The van der Waals surface area contributed by atoms with E-state index in [9.17, 15) is 4.79 Å². The van der Waals surface area contributed by atoms with E-state index in [1.165, 1.54) is 7.11 Å². The highest BCUT2D eigenvalue weighted by Crippen LogP contribution is 2.02. The van der Waals surface area contributed by atoms with Crippen LogP contribution < -0.4 is 5.32 Å². The van der Waals surface area contributed by atoms with E-state index in [1.54, 1.807) is 6.07 Å². The molecule has 0 aliphatic heterocycles. The minimum absolute atomic E-state index is 0.344. The highest BCUT2D eigenvalue weighted by atomic mass is 16.5. The number of ether oxygens (including phenoxy) is 1. The molecule has 0 unspecified atom stereocenters. The summed E-state index contributed by atoms with van der Waals surface area (Å²) >= 11 is 0. The maximum atomic E-state index is 11.1. The highest BCUT2D eigenvalue weighted by molar-refractivity contribution is 5.87. The van der Waals surface area contributed by atoms with Crippen molar-refractivity contribution in [2.45, 2.75) is 19.9 Å². The van der Waals surface area contributed by atoms with Crippen LogP contribution in [0.3, 0.4) is 0 Å². The van der Waals surface area contributed by atoms with Gasteiger partial charge >= 0.3 is 5.97 Å². The number of rotatable bonds is 5. The Labute approximate surface area is 95.4 Å². The molecule has 1 aromatic heterocycles. The van der Waals surface area contributed by atoms with Crippen LogP contribution in [0.25, 0.3) is 0 Å². The van der Waals surface area contributed by atoms with Gasteiger partial charge in [-0.3, -0.25) is 0 Å². The second-order valence-electron chi connectivity index (χ2n) is 3.24. The molecule has 0 radical (unpaired) electrons. The molecule has 1 heterocycles. The van der Waals surface area contributed by atoms with Gasteiger partial charge in [-0.2, -0.15) is 0 Å².